The van der Waals surface area contributed by atoms with Gasteiger partial charge in [0.2, 0.25) is 11.8 Å². The van der Waals surface area contributed by atoms with Crippen LogP contribution in [0.4, 0.5) is 11.4 Å². The number of benzene rings is 1. The number of anilines is 2. The van der Waals surface area contributed by atoms with Crippen molar-refractivity contribution in [1.82, 2.24) is 0 Å². The quantitative estimate of drug-likeness (QED) is 0.791. The Balaban J connectivity index is 3.00. The van der Waals surface area contributed by atoms with Gasteiger partial charge in [0.15, 0.2) is 0 Å². The van der Waals surface area contributed by atoms with Crippen LogP contribution in [-0.4, -0.2) is 25.0 Å². The van der Waals surface area contributed by atoms with Crippen LogP contribution in [0.3, 0.4) is 0 Å². The van der Waals surface area contributed by atoms with E-state index in [4.69, 9.17) is 10.5 Å². The molecule has 0 unspecified atom stereocenters. The highest BCUT2D eigenvalue weighted by Gasteiger charge is 2.28. The average molecular weight is 293 g/mol. The first-order valence-corrected chi connectivity index (χ1v) is 6.67. The molecule has 0 bridgehead atoms. The molecule has 21 heavy (non-hydrogen) atoms. The molecule has 2 amide bonds. The minimum absolute atomic E-state index is 0.191. The van der Waals surface area contributed by atoms with Crippen LogP contribution in [0.15, 0.2) is 18.2 Å². The topological polar surface area (TPSA) is 93.5 Å². The minimum atomic E-state index is -0.661. The normalized spacial score (nSPS) is 12.5. The van der Waals surface area contributed by atoms with Crippen LogP contribution in [0.25, 0.3) is 0 Å². The zero-order valence-electron chi connectivity index (χ0n) is 13.1. The van der Waals surface area contributed by atoms with Crippen LogP contribution in [0.1, 0.15) is 27.7 Å². The van der Waals surface area contributed by atoms with Crippen LogP contribution in [0.5, 0.6) is 5.75 Å². The third kappa shape index (κ3) is 4.75. The molecule has 0 saturated heterocycles. The Labute approximate surface area is 125 Å². The zero-order chi connectivity index (χ0) is 16.2. The van der Waals surface area contributed by atoms with Gasteiger partial charge >= 0.3 is 0 Å². The van der Waals surface area contributed by atoms with Crippen molar-refractivity contribution in [2.45, 2.75) is 33.7 Å². The van der Waals surface area contributed by atoms with Crippen molar-refractivity contribution in [3.8, 4) is 5.75 Å². The lowest BCUT2D eigenvalue weighted by Gasteiger charge is -2.26. The highest BCUT2D eigenvalue weighted by atomic mass is 16.5. The van der Waals surface area contributed by atoms with Gasteiger partial charge in [-0.05, 0) is 23.6 Å². The molecule has 116 valence electrons. The van der Waals surface area contributed by atoms with Gasteiger partial charge in [0.05, 0.1) is 18.8 Å². The minimum Gasteiger partial charge on any atom is -0.495 e. The van der Waals surface area contributed by atoms with Crippen LogP contribution >= 0.6 is 0 Å². The van der Waals surface area contributed by atoms with E-state index in [9.17, 15) is 9.59 Å². The largest absolute Gasteiger partial charge is 0.495 e. The van der Waals surface area contributed by atoms with Crippen molar-refractivity contribution in [3.05, 3.63) is 18.2 Å². The number of ether oxygens (including phenoxy) is 1. The number of hydrogen-bond donors (Lipinski definition) is 3. The summed E-state index contributed by atoms with van der Waals surface area (Å²) in [6, 6.07) is 4.34. The summed E-state index contributed by atoms with van der Waals surface area (Å²) in [6.45, 7) is 7.09. The van der Waals surface area contributed by atoms with E-state index in [1.807, 2.05) is 20.8 Å². The molecule has 0 saturated carbocycles. The molecule has 0 aliphatic rings. The molecule has 0 aliphatic heterocycles. The van der Waals surface area contributed by atoms with Gasteiger partial charge in [-0.15, -0.1) is 0 Å². The SMILES string of the molecule is COc1ccc(NC(C)=O)cc1NC(=O)[C@H](N)C(C)(C)C. The monoisotopic (exact) mass is 293 g/mol. The summed E-state index contributed by atoms with van der Waals surface area (Å²) in [5.41, 5.74) is 6.61. The van der Waals surface area contributed by atoms with E-state index in [0.717, 1.165) is 0 Å². The molecule has 1 rings (SSSR count). The summed E-state index contributed by atoms with van der Waals surface area (Å²) >= 11 is 0. The fourth-order valence-electron chi connectivity index (χ4n) is 1.69. The Kier molecular flexibility index (Phi) is 5.32. The molecule has 0 heterocycles. The number of nitrogens with one attached hydrogen (secondary N) is 2. The van der Waals surface area contributed by atoms with Crippen LogP contribution in [0, 0.1) is 5.41 Å². The maximum Gasteiger partial charge on any atom is 0.241 e. The fraction of sp³-hybridized carbons (Fsp3) is 0.467. The zero-order valence-corrected chi connectivity index (χ0v) is 13.1. The van der Waals surface area contributed by atoms with E-state index in [-0.39, 0.29) is 17.2 Å². The second kappa shape index (κ2) is 6.58. The molecule has 1 aromatic rings. The van der Waals surface area contributed by atoms with E-state index >= 15 is 0 Å². The second-order valence-corrected chi connectivity index (χ2v) is 5.93. The van der Waals surface area contributed by atoms with E-state index in [1.165, 1.54) is 14.0 Å². The predicted octanol–water partition coefficient (Wildman–Crippen LogP) is 1.97. The number of nitrogens with two attached hydrogens (primary N) is 1. The predicted molar refractivity (Wildman–Crippen MR) is 83.4 cm³/mol. The average Bonchev–Trinajstić information content (AvgIpc) is 2.36. The third-order valence-electron chi connectivity index (χ3n) is 2.99. The standard InChI is InChI=1S/C15H23N3O3/c1-9(19)17-10-6-7-12(21-5)11(8-10)18-14(20)13(16)15(2,3)4/h6-8,13H,16H2,1-5H3,(H,17,19)(H,18,20)/t13-/m0/s1. The highest BCUT2D eigenvalue weighted by Crippen LogP contribution is 2.29. The van der Waals surface area contributed by atoms with Gasteiger partial charge in [0.1, 0.15) is 5.75 Å². The Hall–Kier alpha value is -2.08. The van der Waals surface area contributed by atoms with Gasteiger partial charge in [-0.2, -0.15) is 0 Å². The Morgan fingerprint density at radius 2 is 1.86 bits per heavy atom. The molecule has 0 aliphatic carbocycles. The van der Waals surface area contributed by atoms with Crippen molar-refractivity contribution in [2.24, 2.45) is 11.1 Å². The van der Waals surface area contributed by atoms with Crippen LogP contribution in [0.2, 0.25) is 0 Å². The van der Waals surface area contributed by atoms with Crippen molar-refractivity contribution in [2.75, 3.05) is 17.7 Å². The highest BCUT2D eigenvalue weighted by molar-refractivity contribution is 5.97. The number of hydrogen-bond acceptors (Lipinski definition) is 4. The van der Waals surface area contributed by atoms with Gasteiger partial charge in [-0.25, -0.2) is 0 Å². The smallest absolute Gasteiger partial charge is 0.241 e. The van der Waals surface area contributed by atoms with E-state index in [2.05, 4.69) is 10.6 Å². The van der Waals surface area contributed by atoms with Crippen LogP contribution < -0.4 is 21.1 Å². The molecule has 0 fully saturated rings. The van der Waals surface area contributed by atoms with E-state index in [0.29, 0.717) is 17.1 Å². The summed E-state index contributed by atoms with van der Waals surface area (Å²) in [5, 5.41) is 5.39. The molecular weight excluding hydrogens is 270 g/mol. The molecular formula is C15H23N3O3. The lowest BCUT2D eigenvalue weighted by Crippen LogP contribution is -2.45. The lowest BCUT2D eigenvalue weighted by molar-refractivity contribution is -0.119. The number of carbonyl (C=O) groups excluding carboxylic acids is 2. The van der Waals surface area contributed by atoms with Gasteiger partial charge < -0.3 is 21.1 Å². The van der Waals surface area contributed by atoms with Gasteiger partial charge in [-0.3, -0.25) is 9.59 Å². The van der Waals surface area contributed by atoms with Crippen molar-refractivity contribution >= 4 is 23.2 Å². The summed E-state index contributed by atoms with van der Waals surface area (Å²) < 4.78 is 5.20. The molecule has 0 spiro atoms. The lowest BCUT2D eigenvalue weighted by atomic mass is 9.87. The fourth-order valence-corrected chi connectivity index (χ4v) is 1.69. The summed E-state index contributed by atoms with van der Waals surface area (Å²) in [7, 11) is 1.51. The molecule has 0 aromatic heterocycles. The number of methoxy groups -OCH3 is 1. The maximum absolute atomic E-state index is 12.2. The second-order valence-electron chi connectivity index (χ2n) is 5.93. The molecule has 6 nitrogen and oxygen atoms in total. The van der Waals surface area contributed by atoms with Gasteiger partial charge in [-0.1, -0.05) is 20.8 Å². The van der Waals surface area contributed by atoms with Gasteiger partial charge in [0.25, 0.3) is 0 Å². The summed E-state index contributed by atoms with van der Waals surface area (Å²) in [5.74, 6) is 0.00294. The summed E-state index contributed by atoms with van der Waals surface area (Å²) in [4.78, 5) is 23.3. The van der Waals surface area contributed by atoms with Gasteiger partial charge in [0, 0.05) is 12.6 Å². The molecule has 0 radical (unpaired) electrons. The Bertz CT molecular complexity index is 535. The first-order chi connectivity index (χ1) is 9.65. The molecule has 1 atom stereocenters. The van der Waals surface area contributed by atoms with Crippen molar-refractivity contribution in [1.29, 1.82) is 0 Å². The first kappa shape index (κ1) is 17.0. The maximum atomic E-state index is 12.2. The van der Waals surface area contributed by atoms with Crippen LogP contribution in [-0.2, 0) is 9.59 Å². The molecule has 6 heteroatoms. The first-order valence-electron chi connectivity index (χ1n) is 6.67. The number of amides is 2. The Morgan fingerprint density at radius 3 is 2.33 bits per heavy atom. The van der Waals surface area contributed by atoms with E-state index in [1.54, 1.807) is 18.2 Å². The van der Waals surface area contributed by atoms with Crippen molar-refractivity contribution in [3.63, 3.8) is 0 Å². The number of carbonyl (C=O) groups is 2. The van der Waals surface area contributed by atoms with Crippen molar-refractivity contribution < 1.29 is 14.3 Å². The Morgan fingerprint density at radius 1 is 1.24 bits per heavy atom. The third-order valence-corrected chi connectivity index (χ3v) is 2.99. The summed E-state index contributed by atoms with van der Waals surface area (Å²) in [6.07, 6.45) is 0. The number of rotatable bonds is 4. The van der Waals surface area contributed by atoms with E-state index < -0.39 is 6.04 Å². The molecule has 1 aromatic carbocycles. The molecule has 4 N–H and O–H groups in total.